The van der Waals surface area contributed by atoms with Crippen LogP contribution in [-0.2, 0) is 18.9 Å². The second kappa shape index (κ2) is 37.9. The Balaban J connectivity index is 0. The molecule has 0 aromatic rings. The van der Waals surface area contributed by atoms with Gasteiger partial charge in [0.25, 0.3) is 5.34 Å². The van der Waals surface area contributed by atoms with Crippen LogP contribution in [-0.4, -0.2) is 56.9 Å². The fraction of sp³-hybridized carbons (Fsp3) is 0.950. The SMILES string of the molecule is CCCCCCCCCCCCCCCCCC(=O)OC(CN)(C(=O)CCCCCCCCCCCCCCCCC)P(=O)(O)O.OCCO. The molecule has 0 heterocycles. The Hall–Kier alpha value is -0.830. The maximum absolute atomic E-state index is 13.0. The average Bonchev–Trinajstić information content (AvgIpc) is 3.10. The monoisotopic (exact) mass is 736 g/mol. The third kappa shape index (κ3) is 30.8. The summed E-state index contributed by atoms with van der Waals surface area (Å²) < 4.78 is 17.6. The van der Waals surface area contributed by atoms with E-state index >= 15 is 0 Å². The average molecular weight is 736 g/mol. The molecule has 0 aliphatic rings. The smallest absolute Gasteiger partial charge is 0.377 e. The van der Waals surface area contributed by atoms with E-state index in [-0.39, 0.29) is 26.1 Å². The number of Topliss-reactive ketones (excluding diaryl/α,β-unsaturated/α-hetero) is 1. The number of nitrogens with two attached hydrogens (primary N) is 1. The second-order valence-electron chi connectivity index (χ2n) is 14.3. The van der Waals surface area contributed by atoms with E-state index in [4.69, 9.17) is 20.7 Å². The summed E-state index contributed by atoms with van der Waals surface area (Å²) in [5.74, 6) is -1.52. The number of hydrogen-bond acceptors (Lipinski definition) is 7. The third-order valence-corrected chi connectivity index (χ3v) is 11.0. The normalized spacial score (nSPS) is 12.7. The molecule has 0 bridgehead atoms. The number of esters is 1. The molecule has 0 amide bonds. The van der Waals surface area contributed by atoms with Gasteiger partial charge in [0.2, 0.25) is 0 Å². The molecule has 6 N–H and O–H groups in total. The van der Waals surface area contributed by atoms with Gasteiger partial charge in [-0.3, -0.25) is 14.2 Å². The zero-order valence-corrected chi connectivity index (χ0v) is 33.6. The second-order valence-corrected chi connectivity index (χ2v) is 16.1. The lowest BCUT2D eigenvalue weighted by Gasteiger charge is -2.31. The van der Waals surface area contributed by atoms with E-state index in [1.807, 2.05) is 0 Å². The van der Waals surface area contributed by atoms with Gasteiger partial charge in [-0.25, -0.2) is 0 Å². The lowest BCUT2D eigenvalue weighted by atomic mass is 10.0. The molecular formula is C40H82NO8P. The molecular weight excluding hydrogens is 653 g/mol. The van der Waals surface area contributed by atoms with Crippen molar-refractivity contribution in [2.24, 2.45) is 5.73 Å². The van der Waals surface area contributed by atoms with Crippen LogP contribution < -0.4 is 5.73 Å². The van der Waals surface area contributed by atoms with Crippen molar-refractivity contribution in [1.29, 1.82) is 0 Å². The van der Waals surface area contributed by atoms with Gasteiger partial charge >= 0.3 is 13.6 Å². The zero-order chi connectivity index (χ0) is 37.6. The van der Waals surface area contributed by atoms with E-state index in [9.17, 15) is 23.9 Å². The number of carbonyl (C=O) groups is 2. The minimum atomic E-state index is -5.10. The molecule has 1 atom stereocenters. The Morgan fingerprint density at radius 3 is 1.00 bits per heavy atom. The Morgan fingerprint density at radius 1 is 0.500 bits per heavy atom. The lowest BCUT2D eigenvalue weighted by molar-refractivity contribution is -0.160. The van der Waals surface area contributed by atoms with Crippen LogP contribution in [0.25, 0.3) is 0 Å². The predicted octanol–water partition coefficient (Wildman–Crippen LogP) is 10.4. The molecule has 0 aromatic heterocycles. The topological polar surface area (TPSA) is 167 Å². The van der Waals surface area contributed by atoms with Crippen molar-refractivity contribution in [1.82, 2.24) is 0 Å². The highest BCUT2D eigenvalue weighted by atomic mass is 31.2. The van der Waals surface area contributed by atoms with Crippen LogP contribution >= 0.6 is 7.60 Å². The number of ether oxygens (including phenoxy) is 1. The van der Waals surface area contributed by atoms with Gasteiger partial charge in [-0.1, -0.05) is 194 Å². The van der Waals surface area contributed by atoms with Crippen molar-refractivity contribution in [2.45, 2.75) is 225 Å². The molecule has 0 aromatic carbocycles. The zero-order valence-electron chi connectivity index (χ0n) is 32.7. The third-order valence-electron chi connectivity index (χ3n) is 9.56. The Bertz CT molecular complexity index is 791. The van der Waals surface area contributed by atoms with Crippen molar-refractivity contribution in [3.63, 3.8) is 0 Å². The van der Waals surface area contributed by atoms with Gasteiger partial charge < -0.3 is 30.5 Å². The van der Waals surface area contributed by atoms with Crippen LogP contribution in [0, 0.1) is 0 Å². The number of aliphatic hydroxyl groups is 2. The van der Waals surface area contributed by atoms with E-state index < -0.39 is 31.2 Å². The highest BCUT2D eigenvalue weighted by Gasteiger charge is 2.55. The molecule has 0 spiro atoms. The maximum atomic E-state index is 13.0. The molecule has 0 saturated carbocycles. The summed E-state index contributed by atoms with van der Waals surface area (Å²) >= 11 is 0. The first-order valence-electron chi connectivity index (χ1n) is 20.9. The van der Waals surface area contributed by atoms with Crippen LogP contribution in [0.3, 0.4) is 0 Å². The summed E-state index contributed by atoms with van der Waals surface area (Å²) in [6.07, 6.45) is 36.0. The molecule has 50 heavy (non-hydrogen) atoms. The molecule has 0 fully saturated rings. The maximum Gasteiger partial charge on any atom is 0.377 e. The lowest BCUT2D eigenvalue weighted by Crippen LogP contribution is -2.49. The molecule has 1 unspecified atom stereocenters. The fourth-order valence-electron chi connectivity index (χ4n) is 6.29. The standard InChI is InChI=1S/C38H76NO6P.C2H6O2/c1-3-5-7-9-11-13-15-17-19-21-23-25-27-29-31-33-36(40)38(35-39,46(42,43)44)45-37(41)34-32-30-28-26-24-22-20-18-16-14-12-10-8-6-4-2;3-1-2-4/h3-35,39H2,1-2H3,(H2,42,43,44);3-4H,1-2H2. The van der Waals surface area contributed by atoms with E-state index in [1.54, 1.807) is 0 Å². The summed E-state index contributed by atoms with van der Waals surface area (Å²) in [6.45, 7) is 3.54. The van der Waals surface area contributed by atoms with Crippen LogP contribution in [0.2, 0.25) is 0 Å². The van der Waals surface area contributed by atoms with Crippen molar-refractivity contribution in [3.8, 4) is 0 Å². The van der Waals surface area contributed by atoms with Crippen LogP contribution in [0.1, 0.15) is 219 Å². The van der Waals surface area contributed by atoms with Crippen molar-refractivity contribution >= 4 is 19.3 Å². The van der Waals surface area contributed by atoms with Gasteiger partial charge in [-0.05, 0) is 12.8 Å². The van der Waals surface area contributed by atoms with Crippen LogP contribution in [0.5, 0.6) is 0 Å². The van der Waals surface area contributed by atoms with Gasteiger partial charge in [0, 0.05) is 12.8 Å². The highest BCUT2D eigenvalue weighted by molar-refractivity contribution is 7.54. The van der Waals surface area contributed by atoms with Crippen LogP contribution in [0.4, 0.5) is 0 Å². The Kier molecular flexibility index (Phi) is 38.9. The minimum Gasteiger partial charge on any atom is -0.436 e. The first-order chi connectivity index (χ1) is 24.2. The molecule has 9 nitrogen and oxygen atoms in total. The quantitative estimate of drug-likeness (QED) is 0.0237. The van der Waals surface area contributed by atoms with E-state index in [1.165, 1.54) is 141 Å². The number of ketones is 1. The first kappa shape index (κ1) is 51.3. The van der Waals surface area contributed by atoms with Crippen molar-refractivity contribution in [2.75, 3.05) is 19.8 Å². The van der Waals surface area contributed by atoms with Crippen molar-refractivity contribution in [3.05, 3.63) is 0 Å². The number of rotatable bonds is 37. The van der Waals surface area contributed by atoms with Crippen molar-refractivity contribution < 1.29 is 38.9 Å². The largest absolute Gasteiger partial charge is 0.436 e. The highest BCUT2D eigenvalue weighted by Crippen LogP contribution is 2.52. The van der Waals surface area contributed by atoms with E-state index in [0.717, 1.165) is 38.5 Å². The predicted molar refractivity (Wildman–Crippen MR) is 208 cm³/mol. The molecule has 0 aliphatic heterocycles. The molecule has 0 aliphatic carbocycles. The summed E-state index contributed by atoms with van der Waals surface area (Å²) in [7, 11) is -5.10. The fourth-order valence-corrected chi connectivity index (χ4v) is 7.18. The van der Waals surface area contributed by atoms with E-state index in [2.05, 4.69) is 13.8 Å². The van der Waals surface area contributed by atoms with Gasteiger partial charge in [-0.15, -0.1) is 0 Å². The van der Waals surface area contributed by atoms with Gasteiger partial charge in [0.1, 0.15) is 0 Å². The van der Waals surface area contributed by atoms with Gasteiger partial charge in [0.15, 0.2) is 5.78 Å². The molecule has 0 radical (unpaired) electrons. The first-order valence-corrected chi connectivity index (χ1v) is 22.5. The number of aliphatic hydroxyl groups excluding tert-OH is 2. The number of unbranched alkanes of at least 4 members (excludes halogenated alkanes) is 28. The van der Waals surface area contributed by atoms with Crippen LogP contribution in [0.15, 0.2) is 0 Å². The summed E-state index contributed by atoms with van der Waals surface area (Å²) in [4.78, 5) is 45.5. The van der Waals surface area contributed by atoms with Gasteiger partial charge in [-0.2, -0.15) is 0 Å². The van der Waals surface area contributed by atoms with E-state index in [0.29, 0.717) is 12.8 Å². The summed E-state index contributed by atoms with van der Waals surface area (Å²) in [6, 6.07) is 0. The molecule has 10 heteroatoms. The molecule has 0 rings (SSSR count). The van der Waals surface area contributed by atoms with Gasteiger partial charge in [0.05, 0.1) is 19.8 Å². The Labute approximate surface area is 307 Å². The molecule has 300 valence electrons. The number of hydrogen-bond donors (Lipinski definition) is 5. The summed E-state index contributed by atoms with van der Waals surface area (Å²) in [5, 5.41) is 12.7. The molecule has 0 saturated heterocycles. The Morgan fingerprint density at radius 2 is 0.760 bits per heavy atom. The minimum absolute atomic E-state index is 0.0340. The number of carbonyl (C=O) groups excluding carboxylic acids is 2. The summed E-state index contributed by atoms with van der Waals surface area (Å²) in [5.41, 5.74) is 5.69.